The van der Waals surface area contributed by atoms with E-state index in [1.54, 1.807) is 0 Å². The molecule has 26 heavy (non-hydrogen) atoms. The number of nitrogens with two attached hydrogens (primary N) is 1. The number of anilines is 4. The first kappa shape index (κ1) is 17.9. The molecule has 2 heterocycles. The highest BCUT2D eigenvalue weighted by molar-refractivity contribution is 5.71. The van der Waals surface area contributed by atoms with Gasteiger partial charge in [-0.15, -0.1) is 0 Å². The maximum atomic E-state index is 11.3. The average molecular weight is 358 g/mol. The van der Waals surface area contributed by atoms with E-state index in [9.17, 15) is 10.1 Å². The Kier molecular flexibility index (Phi) is 5.17. The number of nitrogens with one attached hydrogen (secondary N) is 2. The van der Waals surface area contributed by atoms with Crippen LogP contribution in [0.25, 0.3) is 0 Å². The molecule has 3 rings (SSSR count). The van der Waals surface area contributed by atoms with Crippen LogP contribution in [0.1, 0.15) is 24.0 Å². The van der Waals surface area contributed by atoms with Crippen molar-refractivity contribution in [3.63, 3.8) is 0 Å². The first-order valence-corrected chi connectivity index (χ1v) is 8.45. The van der Waals surface area contributed by atoms with Gasteiger partial charge >= 0.3 is 5.69 Å². The molecule has 1 aromatic carbocycles. The minimum Gasteiger partial charge on any atom is -0.378 e. The number of benzene rings is 1. The third kappa shape index (κ3) is 3.99. The van der Waals surface area contributed by atoms with E-state index in [4.69, 9.17) is 10.5 Å². The molecule has 2 aromatic rings. The Labute approximate surface area is 151 Å². The number of ether oxygens (including phenoxy) is 1. The third-order valence-electron chi connectivity index (χ3n) is 4.38. The molecule has 0 bridgehead atoms. The number of nitro groups is 1. The number of hydrogen-bond acceptors (Lipinski definition) is 8. The molecule has 1 saturated heterocycles. The number of rotatable bonds is 6. The van der Waals surface area contributed by atoms with Crippen LogP contribution in [0.3, 0.4) is 0 Å². The van der Waals surface area contributed by atoms with Crippen molar-refractivity contribution in [1.29, 1.82) is 0 Å². The smallest absolute Gasteiger partial charge is 0.353 e. The van der Waals surface area contributed by atoms with E-state index >= 15 is 0 Å². The van der Waals surface area contributed by atoms with E-state index < -0.39 is 4.92 Å². The Hall–Kier alpha value is -2.94. The van der Waals surface area contributed by atoms with Crippen LogP contribution in [0.4, 0.5) is 29.0 Å². The number of nitrogens with zero attached hydrogens (tertiary/aromatic N) is 3. The summed E-state index contributed by atoms with van der Waals surface area (Å²) in [5, 5.41) is 17.4. The topological polar surface area (TPSA) is 128 Å². The SMILES string of the molecule is Cc1ccc(Nc2nc(N)c([N+](=O)[O-])c(NCC3CCCO3)n2)cc1C. The van der Waals surface area contributed by atoms with Gasteiger partial charge in [0.15, 0.2) is 0 Å². The second-order valence-corrected chi connectivity index (χ2v) is 6.33. The average Bonchev–Trinajstić information content (AvgIpc) is 3.09. The van der Waals surface area contributed by atoms with E-state index in [0.29, 0.717) is 13.2 Å². The Bertz CT molecular complexity index is 820. The number of aromatic nitrogens is 2. The molecule has 1 aliphatic heterocycles. The zero-order valence-corrected chi connectivity index (χ0v) is 14.8. The van der Waals surface area contributed by atoms with Gasteiger partial charge in [-0.3, -0.25) is 10.1 Å². The molecule has 0 spiro atoms. The molecular weight excluding hydrogens is 336 g/mol. The molecule has 1 aliphatic rings. The molecule has 0 aliphatic carbocycles. The van der Waals surface area contributed by atoms with Gasteiger partial charge in [0.2, 0.25) is 17.6 Å². The number of nitrogen functional groups attached to an aromatic ring is 1. The Morgan fingerprint density at radius 1 is 1.35 bits per heavy atom. The summed E-state index contributed by atoms with van der Waals surface area (Å²) in [5.74, 6) is 0.0988. The first-order chi connectivity index (χ1) is 12.4. The van der Waals surface area contributed by atoms with Crippen LogP contribution in [0, 0.1) is 24.0 Å². The second kappa shape index (κ2) is 7.52. The van der Waals surface area contributed by atoms with E-state index in [1.807, 2.05) is 32.0 Å². The summed E-state index contributed by atoms with van der Waals surface area (Å²) in [7, 11) is 0. The fraction of sp³-hybridized carbons (Fsp3) is 0.412. The molecule has 0 saturated carbocycles. The second-order valence-electron chi connectivity index (χ2n) is 6.33. The molecule has 1 atom stereocenters. The van der Waals surface area contributed by atoms with Gasteiger partial charge in [-0.05, 0) is 49.9 Å². The van der Waals surface area contributed by atoms with Crippen LogP contribution in [-0.2, 0) is 4.74 Å². The lowest BCUT2D eigenvalue weighted by Crippen LogP contribution is -2.20. The summed E-state index contributed by atoms with van der Waals surface area (Å²) in [4.78, 5) is 19.0. The van der Waals surface area contributed by atoms with E-state index in [1.165, 1.54) is 5.56 Å². The fourth-order valence-corrected chi connectivity index (χ4v) is 2.80. The van der Waals surface area contributed by atoms with Crippen molar-refractivity contribution in [1.82, 2.24) is 9.97 Å². The van der Waals surface area contributed by atoms with Crippen molar-refractivity contribution < 1.29 is 9.66 Å². The molecule has 1 unspecified atom stereocenters. The predicted octanol–water partition coefficient (Wildman–Crippen LogP) is 2.92. The maximum Gasteiger partial charge on any atom is 0.353 e. The highest BCUT2D eigenvalue weighted by Crippen LogP contribution is 2.30. The normalized spacial score (nSPS) is 16.5. The maximum absolute atomic E-state index is 11.3. The molecule has 4 N–H and O–H groups in total. The van der Waals surface area contributed by atoms with Crippen molar-refractivity contribution >= 4 is 29.0 Å². The molecule has 9 heteroatoms. The minimum absolute atomic E-state index is 0.0157. The summed E-state index contributed by atoms with van der Waals surface area (Å²) in [6, 6.07) is 5.82. The largest absolute Gasteiger partial charge is 0.378 e. The van der Waals surface area contributed by atoms with Crippen LogP contribution >= 0.6 is 0 Å². The summed E-state index contributed by atoms with van der Waals surface area (Å²) in [6.07, 6.45) is 1.91. The van der Waals surface area contributed by atoms with Crippen molar-refractivity contribution in [2.45, 2.75) is 32.8 Å². The van der Waals surface area contributed by atoms with Gasteiger partial charge in [-0.1, -0.05) is 6.07 Å². The summed E-state index contributed by atoms with van der Waals surface area (Å²) in [6.45, 7) is 5.16. The number of aryl methyl sites for hydroxylation is 2. The highest BCUT2D eigenvalue weighted by atomic mass is 16.6. The summed E-state index contributed by atoms with van der Waals surface area (Å²) < 4.78 is 5.53. The van der Waals surface area contributed by atoms with Crippen molar-refractivity contribution in [2.75, 3.05) is 29.5 Å². The molecule has 9 nitrogen and oxygen atoms in total. The summed E-state index contributed by atoms with van der Waals surface area (Å²) >= 11 is 0. The molecule has 0 radical (unpaired) electrons. The van der Waals surface area contributed by atoms with E-state index in [-0.39, 0.29) is 29.4 Å². The van der Waals surface area contributed by atoms with Gasteiger partial charge in [0, 0.05) is 18.8 Å². The molecule has 138 valence electrons. The van der Waals surface area contributed by atoms with Crippen LogP contribution in [0.2, 0.25) is 0 Å². The van der Waals surface area contributed by atoms with Gasteiger partial charge in [0.1, 0.15) is 0 Å². The zero-order chi connectivity index (χ0) is 18.7. The molecule has 1 aromatic heterocycles. The van der Waals surface area contributed by atoms with Gasteiger partial charge in [-0.25, -0.2) is 0 Å². The van der Waals surface area contributed by atoms with E-state index in [2.05, 4.69) is 20.6 Å². The molecule has 0 amide bonds. The van der Waals surface area contributed by atoms with Crippen LogP contribution in [0.15, 0.2) is 18.2 Å². The lowest BCUT2D eigenvalue weighted by molar-refractivity contribution is -0.383. The van der Waals surface area contributed by atoms with Crippen LogP contribution in [0.5, 0.6) is 0 Å². The van der Waals surface area contributed by atoms with Gasteiger partial charge in [0.05, 0.1) is 11.0 Å². The van der Waals surface area contributed by atoms with Gasteiger partial charge in [0.25, 0.3) is 0 Å². The Morgan fingerprint density at radius 2 is 2.15 bits per heavy atom. The standard InChI is InChI=1S/C17H22N6O3/c1-10-5-6-12(8-11(10)2)20-17-21-15(18)14(23(24)25)16(22-17)19-9-13-4-3-7-26-13/h5-6,8,13H,3-4,7,9H2,1-2H3,(H4,18,19,20,21,22). The van der Waals surface area contributed by atoms with Crippen LogP contribution < -0.4 is 16.4 Å². The quantitative estimate of drug-likeness (QED) is 0.531. The fourth-order valence-electron chi connectivity index (χ4n) is 2.80. The van der Waals surface area contributed by atoms with Crippen molar-refractivity contribution in [3.8, 4) is 0 Å². The van der Waals surface area contributed by atoms with Crippen molar-refractivity contribution in [2.24, 2.45) is 0 Å². The highest BCUT2D eigenvalue weighted by Gasteiger charge is 2.24. The van der Waals surface area contributed by atoms with Crippen molar-refractivity contribution in [3.05, 3.63) is 39.4 Å². The van der Waals surface area contributed by atoms with Crippen LogP contribution in [-0.4, -0.2) is 34.1 Å². The lowest BCUT2D eigenvalue weighted by atomic mass is 10.1. The summed E-state index contributed by atoms with van der Waals surface area (Å²) in [5.41, 5.74) is 8.55. The number of hydrogen-bond donors (Lipinski definition) is 3. The predicted molar refractivity (Wildman–Crippen MR) is 99.8 cm³/mol. The zero-order valence-electron chi connectivity index (χ0n) is 14.8. The third-order valence-corrected chi connectivity index (χ3v) is 4.38. The minimum atomic E-state index is -0.576. The Balaban J connectivity index is 1.85. The Morgan fingerprint density at radius 3 is 2.81 bits per heavy atom. The van der Waals surface area contributed by atoms with E-state index in [0.717, 1.165) is 24.1 Å². The molecular formula is C17H22N6O3. The van der Waals surface area contributed by atoms with Gasteiger partial charge < -0.3 is 21.1 Å². The lowest BCUT2D eigenvalue weighted by Gasteiger charge is -2.13. The van der Waals surface area contributed by atoms with Gasteiger partial charge in [-0.2, -0.15) is 9.97 Å². The first-order valence-electron chi connectivity index (χ1n) is 8.45. The monoisotopic (exact) mass is 358 g/mol. The molecule has 1 fully saturated rings.